The summed E-state index contributed by atoms with van der Waals surface area (Å²) in [6.45, 7) is 0. The van der Waals surface area contributed by atoms with Crippen LogP contribution in [-0.4, -0.2) is 30.0 Å². The molecule has 0 N–H and O–H groups in total. The summed E-state index contributed by atoms with van der Waals surface area (Å²) < 4.78 is 20.0. The molecule has 1 aromatic rings. The average molecular weight is 346 g/mol. The molecule has 0 amide bonds. The highest BCUT2D eigenvalue weighted by atomic mass is 17.0. The minimum atomic E-state index is -2.84. The summed E-state index contributed by atoms with van der Waals surface area (Å²) in [5.74, 6) is -4.08. The molecule has 2 aliphatic heterocycles. The van der Waals surface area contributed by atoms with E-state index in [-0.39, 0.29) is 16.7 Å². The Morgan fingerprint density at radius 1 is 0.920 bits per heavy atom. The molecule has 2 heterocycles. The number of carbonyl (C=O) groups is 4. The highest BCUT2D eigenvalue weighted by molar-refractivity contribution is 6.07. The molecular weight excluding hydrogens is 332 g/mol. The Morgan fingerprint density at radius 2 is 1.56 bits per heavy atom. The van der Waals surface area contributed by atoms with E-state index in [2.05, 4.69) is 0 Å². The van der Waals surface area contributed by atoms with E-state index in [0.29, 0.717) is 12.8 Å². The van der Waals surface area contributed by atoms with Crippen molar-refractivity contribution in [3.05, 3.63) is 34.9 Å². The summed E-state index contributed by atoms with van der Waals surface area (Å²) in [7, 11) is 0. The second-order valence-electron chi connectivity index (χ2n) is 6.18. The standard InChI is InChI=1S/C17H14O8/c18-13(9-4-2-1-3-5-9)22-17-23-14(19)10-6-7-11(15(20)24-17)12(8-10)16(21)25-17/h6-9H,1-5H2. The molecule has 1 unspecified atom stereocenters. The lowest BCUT2D eigenvalue weighted by Gasteiger charge is -2.29. The van der Waals surface area contributed by atoms with Crippen LogP contribution in [0.4, 0.5) is 0 Å². The molecule has 130 valence electrons. The van der Waals surface area contributed by atoms with Gasteiger partial charge in [-0.2, -0.15) is 0 Å². The Balaban J connectivity index is 1.70. The van der Waals surface area contributed by atoms with Crippen molar-refractivity contribution >= 4 is 23.9 Å². The molecule has 0 saturated heterocycles. The summed E-state index contributed by atoms with van der Waals surface area (Å²) in [5, 5.41) is 0. The van der Waals surface area contributed by atoms with Gasteiger partial charge in [0.15, 0.2) is 0 Å². The Kier molecular flexibility index (Phi) is 3.48. The summed E-state index contributed by atoms with van der Waals surface area (Å²) in [6.07, 6.45) is 1.11. The summed E-state index contributed by atoms with van der Waals surface area (Å²) in [6, 6.07) is 3.76. The van der Waals surface area contributed by atoms with Crippen LogP contribution in [0.5, 0.6) is 0 Å². The van der Waals surface area contributed by atoms with E-state index in [1.165, 1.54) is 18.2 Å². The number of ether oxygens (including phenoxy) is 4. The van der Waals surface area contributed by atoms with Crippen LogP contribution < -0.4 is 0 Å². The topological polar surface area (TPSA) is 105 Å². The van der Waals surface area contributed by atoms with Gasteiger partial charge in [0, 0.05) is 0 Å². The number of carbonyl (C=O) groups excluding carboxylic acids is 4. The van der Waals surface area contributed by atoms with Gasteiger partial charge in [0.1, 0.15) is 0 Å². The molecule has 3 aliphatic rings. The van der Waals surface area contributed by atoms with E-state index in [4.69, 9.17) is 18.9 Å². The van der Waals surface area contributed by atoms with Gasteiger partial charge < -0.3 is 18.9 Å². The lowest BCUT2D eigenvalue weighted by atomic mass is 9.89. The fraction of sp³-hybridized carbons (Fsp3) is 0.412. The van der Waals surface area contributed by atoms with Crippen molar-refractivity contribution in [1.82, 2.24) is 0 Å². The number of hydrogen-bond acceptors (Lipinski definition) is 8. The number of hydrogen-bond donors (Lipinski definition) is 0. The molecule has 0 spiro atoms. The third-order valence-electron chi connectivity index (χ3n) is 4.51. The third-order valence-corrected chi connectivity index (χ3v) is 4.51. The van der Waals surface area contributed by atoms with E-state index in [9.17, 15) is 19.2 Å². The van der Waals surface area contributed by atoms with Gasteiger partial charge in [-0.05, 0) is 31.0 Å². The maximum Gasteiger partial charge on any atom is 0.620 e. The molecule has 4 rings (SSSR count). The fourth-order valence-electron chi connectivity index (χ4n) is 3.20. The van der Waals surface area contributed by atoms with Crippen LogP contribution in [0.1, 0.15) is 63.2 Å². The first-order valence-electron chi connectivity index (χ1n) is 8.04. The lowest BCUT2D eigenvalue weighted by molar-refractivity contribution is -0.418. The van der Waals surface area contributed by atoms with Crippen molar-refractivity contribution in [2.45, 2.75) is 38.3 Å². The zero-order valence-electron chi connectivity index (χ0n) is 13.1. The molecule has 8 nitrogen and oxygen atoms in total. The third kappa shape index (κ3) is 2.63. The van der Waals surface area contributed by atoms with Crippen molar-refractivity contribution in [3.63, 3.8) is 0 Å². The van der Waals surface area contributed by atoms with Crippen LogP contribution in [0.25, 0.3) is 0 Å². The average Bonchev–Trinajstić information content (AvgIpc) is 2.64. The van der Waals surface area contributed by atoms with E-state index in [0.717, 1.165) is 19.3 Å². The number of benzene rings is 1. The molecule has 3 bridgehead atoms. The first-order chi connectivity index (χ1) is 12.0. The quantitative estimate of drug-likeness (QED) is 0.748. The van der Waals surface area contributed by atoms with E-state index in [1.807, 2.05) is 0 Å². The zero-order valence-corrected chi connectivity index (χ0v) is 13.1. The van der Waals surface area contributed by atoms with Crippen molar-refractivity contribution in [1.29, 1.82) is 0 Å². The van der Waals surface area contributed by atoms with Crippen LogP contribution >= 0.6 is 0 Å². The monoisotopic (exact) mass is 346 g/mol. The minimum absolute atomic E-state index is 0.0202. The van der Waals surface area contributed by atoms with Crippen molar-refractivity contribution < 1.29 is 38.1 Å². The van der Waals surface area contributed by atoms with Crippen LogP contribution in [-0.2, 0) is 23.7 Å². The second-order valence-corrected chi connectivity index (χ2v) is 6.18. The van der Waals surface area contributed by atoms with E-state index < -0.39 is 36.0 Å². The summed E-state index contributed by atoms with van der Waals surface area (Å²) in [4.78, 5) is 49.2. The Morgan fingerprint density at radius 3 is 2.28 bits per heavy atom. The number of esters is 4. The maximum absolute atomic E-state index is 12.4. The second kappa shape index (κ2) is 5.58. The molecule has 1 fully saturated rings. The van der Waals surface area contributed by atoms with Crippen LogP contribution in [0, 0.1) is 5.92 Å². The number of fused-ring (bicyclic) bond motifs is 3. The normalized spacial score (nSPS) is 25.4. The van der Waals surface area contributed by atoms with Gasteiger partial charge in [-0.1, -0.05) is 19.3 Å². The van der Waals surface area contributed by atoms with Crippen molar-refractivity contribution in [3.8, 4) is 0 Å². The smallest absolute Gasteiger partial charge is 0.352 e. The van der Waals surface area contributed by atoms with Gasteiger partial charge in [0.05, 0.1) is 22.6 Å². The number of rotatable bonds is 2. The van der Waals surface area contributed by atoms with Gasteiger partial charge in [0.2, 0.25) is 0 Å². The van der Waals surface area contributed by atoms with Gasteiger partial charge >= 0.3 is 30.0 Å². The molecule has 0 aromatic heterocycles. The van der Waals surface area contributed by atoms with Gasteiger partial charge in [-0.3, -0.25) is 4.79 Å². The molecule has 8 heteroatoms. The van der Waals surface area contributed by atoms with Gasteiger partial charge in [-0.25, -0.2) is 14.4 Å². The SMILES string of the molecule is O=C1OC2(OC(=O)C3CCCCC3)OC(=O)c3ccc1cc3C(=O)O2. The first-order valence-corrected chi connectivity index (χ1v) is 8.04. The van der Waals surface area contributed by atoms with E-state index >= 15 is 0 Å². The fourth-order valence-corrected chi connectivity index (χ4v) is 3.20. The Hall–Kier alpha value is -2.90. The van der Waals surface area contributed by atoms with Crippen LogP contribution in [0.3, 0.4) is 0 Å². The largest absolute Gasteiger partial charge is 0.620 e. The highest BCUT2D eigenvalue weighted by Crippen LogP contribution is 2.34. The molecule has 1 atom stereocenters. The van der Waals surface area contributed by atoms with E-state index in [1.54, 1.807) is 0 Å². The molecule has 1 saturated carbocycles. The van der Waals surface area contributed by atoms with Crippen LogP contribution in [0.15, 0.2) is 18.2 Å². The minimum Gasteiger partial charge on any atom is -0.352 e. The molecule has 1 aromatic carbocycles. The first kappa shape index (κ1) is 15.6. The van der Waals surface area contributed by atoms with Gasteiger partial charge in [-0.15, -0.1) is 0 Å². The predicted molar refractivity (Wildman–Crippen MR) is 78.1 cm³/mol. The molecule has 1 aliphatic carbocycles. The summed E-state index contributed by atoms with van der Waals surface area (Å²) >= 11 is 0. The lowest BCUT2D eigenvalue weighted by Crippen LogP contribution is -2.48. The predicted octanol–water partition coefficient (Wildman–Crippen LogP) is 1.92. The zero-order chi connectivity index (χ0) is 17.6. The maximum atomic E-state index is 12.4. The molecule has 25 heavy (non-hydrogen) atoms. The molecular formula is C17H14O8. The van der Waals surface area contributed by atoms with Gasteiger partial charge in [0.25, 0.3) is 0 Å². The summed E-state index contributed by atoms with van der Waals surface area (Å²) in [5.41, 5.74) is -0.218. The van der Waals surface area contributed by atoms with Crippen molar-refractivity contribution in [2.75, 3.05) is 0 Å². The Bertz CT molecular complexity index is 782. The van der Waals surface area contributed by atoms with Crippen LogP contribution in [0.2, 0.25) is 0 Å². The highest BCUT2D eigenvalue weighted by Gasteiger charge is 2.55. The van der Waals surface area contributed by atoms with Crippen molar-refractivity contribution in [2.24, 2.45) is 5.92 Å². The Labute approximate surface area is 142 Å². The molecule has 0 radical (unpaired) electrons.